The van der Waals surface area contributed by atoms with E-state index in [0.29, 0.717) is 6.20 Å². The first-order valence-electron chi connectivity index (χ1n) is 8.09. The number of nitrogens with one attached hydrogen (secondary N) is 1. The Morgan fingerprint density at radius 2 is 1.56 bits per heavy atom. The Morgan fingerprint density at radius 3 is 2.15 bits per heavy atom. The van der Waals surface area contributed by atoms with E-state index in [1.165, 1.54) is 6.08 Å². The fourth-order valence-electron chi connectivity index (χ4n) is 2.39. The zero-order valence-corrected chi connectivity index (χ0v) is 14.1. The van der Waals surface area contributed by atoms with Gasteiger partial charge in [-0.05, 0) is 34.9 Å². The number of hydrogen-bond donors (Lipinski definition) is 1. The summed E-state index contributed by atoms with van der Waals surface area (Å²) in [6, 6.07) is 19.5. The first kappa shape index (κ1) is 18.4. The van der Waals surface area contributed by atoms with E-state index >= 15 is 0 Å². The quantitative estimate of drug-likeness (QED) is 0.625. The Balaban J connectivity index is 1.61. The predicted molar refractivity (Wildman–Crippen MR) is 98.8 cm³/mol. The maximum atomic E-state index is 12.5. The van der Waals surface area contributed by atoms with Gasteiger partial charge < -0.3 is 5.32 Å². The monoisotopic (exact) mass is 368 g/mol. The molecule has 0 unspecified atom stereocenters. The highest BCUT2D eigenvalue weighted by molar-refractivity contribution is 6.01. The van der Waals surface area contributed by atoms with Crippen LogP contribution < -0.4 is 5.32 Å². The van der Waals surface area contributed by atoms with Crippen molar-refractivity contribution in [3.05, 3.63) is 90.1 Å². The van der Waals surface area contributed by atoms with Crippen LogP contribution in [0.25, 0.3) is 17.2 Å². The van der Waals surface area contributed by atoms with Gasteiger partial charge in [0.2, 0.25) is 5.91 Å². The van der Waals surface area contributed by atoms with E-state index in [-0.39, 0.29) is 5.82 Å². The van der Waals surface area contributed by atoms with Gasteiger partial charge in [-0.2, -0.15) is 13.2 Å². The van der Waals surface area contributed by atoms with Crippen molar-refractivity contribution in [2.75, 3.05) is 5.32 Å². The van der Waals surface area contributed by atoms with E-state index in [1.54, 1.807) is 6.08 Å². The Kier molecular flexibility index (Phi) is 5.35. The summed E-state index contributed by atoms with van der Waals surface area (Å²) in [5, 5.41) is 2.42. The molecule has 0 bridgehead atoms. The van der Waals surface area contributed by atoms with E-state index < -0.39 is 17.6 Å². The summed E-state index contributed by atoms with van der Waals surface area (Å²) in [5.74, 6) is -0.425. The van der Waals surface area contributed by atoms with Crippen molar-refractivity contribution in [1.29, 1.82) is 0 Å². The van der Waals surface area contributed by atoms with Crippen LogP contribution in [0.4, 0.5) is 19.0 Å². The topological polar surface area (TPSA) is 42.0 Å². The second-order valence-electron chi connectivity index (χ2n) is 5.74. The highest BCUT2D eigenvalue weighted by atomic mass is 19.4. The van der Waals surface area contributed by atoms with Gasteiger partial charge in [0.05, 0.1) is 5.56 Å². The average Bonchev–Trinajstić information content (AvgIpc) is 2.67. The molecule has 1 N–H and O–H groups in total. The Bertz CT molecular complexity index is 932. The molecule has 2 aromatic carbocycles. The Labute approximate surface area is 154 Å². The fraction of sp³-hybridized carbons (Fsp3) is 0.0476. The van der Waals surface area contributed by atoms with Crippen LogP contribution >= 0.6 is 0 Å². The molecule has 0 fully saturated rings. The standard InChI is InChI=1S/C21H15F3N2O/c22-21(23,24)18-11-12-19(25-14-18)26-20(27)13-8-15-6-9-17(10-7-15)16-4-2-1-3-5-16/h1-14H,(H,25,26,27)/b13-8+. The van der Waals surface area contributed by atoms with E-state index in [9.17, 15) is 18.0 Å². The maximum absolute atomic E-state index is 12.5. The number of benzene rings is 2. The van der Waals surface area contributed by atoms with E-state index in [4.69, 9.17) is 0 Å². The molecule has 1 aromatic heterocycles. The molecule has 0 saturated carbocycles. The summed E-state index contributed by atoms with van der Waals surface area (Å²) in [4.78, 5) is 15.5. The minimum absolute atomic E-state index is 0.0528. The first-order chi connectivity index (χ1) is 12.9. The molecule has 0 aliphatic carbocycles. The number of carbonyl (C=O) groups is 1. The van der Waals surface area contributed by atoms with E-state index in [2.05, 4.69) is 10.3 Å². The molecule has 0 atom stereocenters. The molecule has 0 radical (unpaired) electrons. The molecular formula is C21H15F3N2O. The van der Waals surface area contributed by atoms with Crippen LogP contribution in [0, 0.1) is 0 Å². The second-order valence-corrected chi connectivity index (χ2v) is 5.74. The number of rotatable bonds is 4. The number of aromatic nitrogens is 1. The smallest absolute Gasteiger partial charge is 0.307 e. The Hall–Kier alpha value is -3.41. The zero-order chi connectivity index (χ0) is 19.3. The zero-order valence-electron chi connectivity index (χ0n) is 14.1. The van der Waals surface area contributed by atoms with Gasteiger partial charge >= 0.3 is 6.18 Å². The fourth-order valence-corrected chi connectivity index (χ4v) is 2.39. The highest BCUT2D eigenvalue weighted by Crippen LogP contribution is 2.28. The third-order valence-corrected chi connectivity index (χ3v) is 3.79. The molecule has 0 aliphatic heterocycles. The van der Waals surface area contributed by atoms with Gasteiger partial charge in [-0.1, -0.05) is 54.6 Å². The third-order valence-electron chi connectivity index (χ3n) is 3.79. The van der Waals surface area contributed by atoms with Crippen molar-refractivity contribution in [3.8, 4) is 11.1 Å². The largest absolute Gasteiger partial charge is 0.417 e. The summed E-state index contributed by atoms with van der Waals surface area (Å²) >= 11 is 0. The minimum Gasteiger partial charge on any atom is -0.307 e. The average molecular weight is 368 g/mol. The van der Waals surface area contributed by atoms with Crippen molar-refractivity contribution in [2.24, 2.45) is 0 Å². The van der Waals surface area contributed by atoms with Crippen molar-refractivity contribution in [2.45, 2.75) is 6.18 Å². The van der Waals surface area contributed by atoms with Crippen molar-refractivity contribution < 1.29 is 18.0 Å². The third kappa shape index (κ3) is 5.04. The summed E-state index contributed by atoms with van der Waals surface area (Å²) in [6.07, 6.45) is -0.853. The molecule has 0 saturated heterocycles. The number of hydrogen-bond acceptors (Lipinski definition) is 2. The molecule has 3 aromatic rings. The molecule has 3 nitrogen and oxygen atoms in total. The van der Waals surface area contributed by atoms with E-state index in [0.717, 1.165) is 28.8 Å². The van der Waals surface area contributed by atoms with Crippen LogP contribution in [0.1, 0.15) is 11.1 Å². The summed E-state index contributed by atoms with van der Waals surface area (Å²) in [7, 11) is 0. The molecule has 6 heteroatoms. The van der Waals surface area contributed by atoms with Crippen LogP contribution in [0.15, 0.2) is 79.0 Å². The normalized spacial score (nSPS) is 11.5. The van der Waals surface area contributed by atoms with Crippen LogP contribution in [0.2, 0.25) is 0 Å². The lowest BCUT2D eigenvalue weighted by molar-refractivity contribution is -0.137. The van der Waals surface area contributed by atoms with E-state index in [1.807, 2.05) is 54.6 Å². The second kappa shape index (κ2) is 7.86. The molecule has 136 valence electrons. The number of alkyl halides is 3. The lowest BCUT2D eigenvalue weighted by Crippen LogP contribution is -2.11. The molecule has 1 amide bonds. The van der Waals surface area contributed by atoms with Crippen LogP contribution in [-0.4, -0.2) is 10.9 Å². The molecule has 0 aliphatic rings. The number of pyridine rings is 1. The SMILES string of the molecule is O=C(/C=C/c1ccc(-c2ccccc2)cc1)Nc1ccc(C(F)(F)F)cn1. The van der Waals surface area contributed by atoms with Gasteiger partial charge in [0.25, 0.3) is 0 Å². The van der Waals surface area contributed by atoms with Crippen LogP contribution in [-0.2, 0) is 11.0 Å². The Morgan fingerprint density at radius 1 is 0.889 bits per heavy atom. The maximum Gasteiger partial charge on any atom is 0.417 e. The van der Waals surface area contributed by atoms with Crippen molar-refractivity contribution in [3.63, 3.8) is 0 Å². The molecule has 3 rings (SSSR count). The number of carbonyl (C=O) groups excluding carboxylic acids is 1. The summed E-state index contributed by atoms with van der Waals surface area (Å²) in [5.41, 5.74) is 2.12. The summed E-state index contributed by atoms with van der Waals surface area (Å²) in [6.45, 7) is 0. The molecular weight excluding hydrogens is 353 g/mol. The molecule has 27 heavy (non-hydrogen) atoms. The van der Waals surface area contributed by atoms with Gasteiger partial charge in [0.15, 0.2) is 0 Å². The number of nitrogens with zero attached hydrogens (tertiary/aromatic N) is 1. The van der Waals surface area contributed by atoms with Crippen molar-refractivity contribution in [1.82, 2.24) is 4.98 Å². The number of anilines is 1. The molecule has 0 spiro atoms. The van der Waals surface area contributed by atoms with Gasteiger partial charge in [-0.3, -0.25) is 4.79 Å². The van der Waals surface area contributed by atoms with Crippen molar-refractivity contribution >= 4 is 17.8 Å². The minimum atomic E-state index is -4.46. The molecule has 1 heterocycles. The van der Waals surface area contributed by atoms with Gasteiger partial charge in [-0.15, -0.1) is 0 Å². The highest BCUT2D eigenvalue weighted by Gasteiger charge is 2.30. The van der Waals surface area contributed by atoms with Gasteiger partial charge in [-0.25, -0.2) is 4.98 Å². The number of amides is 1. The first-order valence-corrected chi connectivity index (χ1v) is 8.09. The van der Waals surface area contributed by atoms with Gasteiger partial charge in [0, 0.05) is 12.3 Å². The lowest BCUT2D eigenvalue weighted by atomic mass is 10.0. The van der Waals surface area contributed by atoms with Gasteiger partial charge in [0.1, 0.15) is 5.82 Å². The predicted octanol–water partition coefficient (Wildman–Crippen LogP) is 5.42. The van der Waals surface area contributed by atoms with Crippen LogP contribution in [0.5, 0.6) is 0 Å². The lowest BCUT2D eigenvalue weighted by Gasteiger charge is -2.06. The summed E-state index contributed by atoms with van der Waals surface area (Å²) < 4.78 is 37.5. The number of halogens is 3. The van der Waals surface area contributed by atoms with Crippen LogP contribution in [0.3, 0.4) is 0 Å².